The Morgan fingerprint density at radius 1 is 1.47 bits per heavy atom. The van der Waals surface area contributed by atoms with E-state index < -0.39 is 0 Å². The van der Waals surface area contributed by atoms with Crippen molar-refractivity contribution in [3.8, 4) is 0 Å². The van der Waals surface area contributed by atoms with Gasteiger partial charge in [0.15, 0.2) is 5.69 Å². The third-order valence-electron chi connectivity index (χ3n) is 2.88. The zero-order valence-electron chi connectivity index (χ0n) is 10.2. The van der Waals surface area contributed by atoms with Gasteiger partial charge in [-0.3, -0.25) is 9.89 Å². The summed E-state index contributed by atoms with van der Waals surface area (Å²) >= 11 is 0. The summed E-state index contributed by atoms with van der Waals surface area (Å²) in [5.74, 6) is -0.100. The summed E-state index contributed by atoms with van der Waals surface area (Å²) in [7, 11) is 1.76. The molecule has 5 heteroatoms. The standard InChI is InChI=1S/C12H16N4O/c1-7(2)16(3)12(17)11-9-6-8(13)4-5-10(9)14-15-11/h4-7H,13H2,1-3H3,(H,14,15). The topological polar surface area (TPSA) is 75.0 Å². The molecule has 3 N–H and O–H groups in total. The molecule has 0 saturated carbocycles. The molecule has 0 aliphatic heterocycles. The molecule has 2 aromatic rings. The van der Waals surface area contributed by atoms with Gasteiger partial charge in [-0.05, 0) is 32.0 Å². The Morgan fingerprint density at radius 2 is 2.18 bits per heavy atom. The minimum atomic E-state index is -0.100. The second-order valence-electron chi connectivity index (χ2n) is 4.39. The second-order valence-corrected chi connectivity index (χ2v) is 4.39. The molecule has 1 aromatic heterocycles. The smallest absolute Gasteiger partial charge is 0.274 e. The van der Waals surface area contributed by atoms with Gasteiger partial charge < -0.3 is 10.6 Å². The number of benzene rings is 1. The van der Waals surface area contributed by atoms with Gasteiger partial charge in [0, 0.05) is 24.2 Å². The lowest BCUT2D eigenvalue weighted by Gasteiger charge is -2.20. The van der Waals surface area contributed by atoms with E-state index in [1.165, 1.54) is 0 Å². The monoisotopic (exact) mass is 232 g/mol. The Balaban J connectivity index is 2.49. The zero-order chi connectivity index (χ0) is 12.6. The van der Waals surface area contributed by atoms with E-state index in [9.17, 15) is 4.79 Å². The van der Waals surface area contributed by atoms with Crippen LogP contribution in [0.4, 0.5) is 5.69 Å². The first-order chi connectivity index (χ1) is 8.00. The molecule has 5 nitrogen and oxygen atoms in total. The second kappa shape index (κ2) is 4.08. The lowest BCUT2D eigenvalue weighted by molar-refractivity contribution is 0.0751. The summed E-state index contributed by atoms with van der Waals surface area (Å²) in [4.78, 5) is 13.8. The van der Waals surface area contributed by atoms with Crippen LogP contribution in [0, 0.1) is 0 Å². The highest BCUT2D eigenvalue weighted by molar-refractivity contribution is 6.05. The minimum Gasteiger partial charge on any atom is -0.399 e. The Kier molecular flexibility index (Phi) is 2.75. The van der Waals surface area contributed by atoms with E-state index in [0.29, 0.717) is 11.4 Å². The van der Waals surface area contributed by atoms with Crippen LogP contribution in [-0.4, -0.2) is 34.1 Å². The lowest BCUT2D eigenvalue weighted by atomic mass is 10.1. The number of carbonyl (C=O) groups is 1. The fourth-order valence-electron chi connectivity index (χ4n) is 1.60. The van der Waals surface area contributed by atoms with Crippen LogP contribution in [0.2, 0.25) is 0 Å². The fourth-order valence-corrected chi connectivity index (χ4v) is 1.60. The predicted molar refractivity (Wildman–Crippen MR) is 67.7 cm³/mol. The SMILES string of the molecule is CC(C)N(C)C(=O)c1n[nH]c2ccc(N)cc12. The Morgan fingerprint density at radius 3 is 2.82 bits per heavy atom. The van der Waals surface area contributed by atoms with Crippen molar-refractivity contribution in [2.24, 2.45) is 0 Å². The molecule has 2 rings (SSSR count). The van der Waals surface area contributed by atoms with Crippen molar-refractivity contribution in [1.29, 1.82) is 0 Å². The van der Waals surface area contributed by atoms with Crippen LogP contribution in [0.15, 0.2) is 18.2 Å². The van der Waals surface area contributed by atoms with E-state index in [1.54, 1.807) is 24.1 Å². The number of nitrogen functional groups attached to an aromatic ring is 1. The van der Waals surface area contributed by atoms with E-state index in [2.05, 4.69) is 10.2 Å². The molecule has 90 valence electrons. The molecule has 1 amide bonds. The third-order valence-corrected chi connectivity index (χ3v) is 2.88. The maximum atomic E-state index is 12.2. The number of carbonyl (C=O) groups excluding carboxylic acids is 1. The highest BCUT2D eigenvalue weighted by atomic mass is 16.2. The van der Waals surface area contributed by atoms with Gasteiger partial charge in [0.2, 0.25) is 0 Å². The molecule has 0 saturated heterocycles. The van der Waals surface area contributed by atoms with Crippen LogP contribution in [0.25, 0.3) is 10.9 Å². The molecule has 17 heavy (non-hydrogen) atoms. The molecular weight excluding hydrogens is 216 g/mol. The number of aromatic nitrogens is 2. The van der Waals surface area contributed by atoms with Crippen molar-refractivity contribution in [2.45, 2.75) is 19.9 Å². The number of hydrogen-bond donors (Lipinski definition) is 2. The number of amides is 1. The Hall–Kier alpha value is -2.04. The highest BCUT2D eigenvalue weighted by Crippen LogP contribution is 2.20. The number of H-pyrrole nitrogens is 1. The first kappa shape index (κ1) is 11.4. The summed E-state index contributed by atoms with van der Waals surface area (Å²) in [6, 6.07) is 5.50. The van der Waals surface area contributed by atoms with Crippen LogP contribution in [0.1, 0.15) is 24.3 Å². The molecule has 0 fully saturated rings. The van der Waals surface area contributed by atoms with Gasteiger partial charge in [0.1, 0.15) is 0 Å². The highest BCUT2D eigenvalue weighted by Gasteiger charge is 2.19. The van der Waals surface area contributed by atoms with Gasteiger partial charge in [0.25, 0.3) is 5.91 Å². The summed E-state index contributed by atoms with van der Waals surface area (Å²) < 4.78 is 0. The average molecular weight is 232 g/mol. The van der Waals surface area contributed by atoms with Gasteiger partial charge in [-0.1, -0.05) is 0 Å². The molecule has 0 radical (unpaired) electrons. The Bertz CT molecular complexity index is 559. The summed E-state index contributed by atoms with van der Waals surface area (Å²) in [6.45, 7) is 3.92. The third kappa shape index (κ3) is 1.95. The van der Waals surface area contributed by atoms with Gasteiger partial charge in [-0.25, -0.2) is 0 Å². The first-order valence-electron chi connectivity index (χ1n) is 5.51. The predicted octanol–water partition coefficient (Wildman–Crippen LogP) is 1.63. The molecule has 0 bridgehead atoms. The number of nitrogens with one attached hydrogen (secondary N) is 1. The maximum Gasteiger partial charge on any atom is 0.274 e. The molecule has 0 unspecified atom stereocenters. The fraction of sp³-hybridized carbons (Fsp3) is 0.333. The van der Waals surface area contributed by atoms with E-state index in [4.69, 9.17) is 5.73 Å². The van der Waals surface area contributed by atoms with E-state index in [0.717, 1.165) is 10.9 Å². The molecule has 1 heterocycles. The van der Waals surface area contributed by atoms with Crippen molar-refractivity contribution >= 4 is 22.5 Å². The minimum absolute atomic E-state index is 0.100. The number of hydrogen-bond acceptors (Lipinski definition) is 3. The number of anilines is 1. The molecule has 0 aliphatic carbocycles. The largest absolute Gasteiger partial charge is 0.399 e. The number of fused-ring (bicyclic) bond motifs is 1. The number of nitrogens with two attached hydrogens (primary N) is 1. The number of nitrogens with zero attached hydrogens (tertiary/aromatic N) is 2. The summed E-state index contributed by atoms with van der Waals surface area (Å²) in [6.07, 6.45) is 0. The average Bonchev–Trinajstić information content (AvgIpc) is 2.69. The van der Waals surface area contributed by atoms with Crippen LogP contribution < -0.4 is 5.73 Å². The maximum absolute atomic E-state index is 12.2. The number of aromatic amines is 1. The van der Waals surface area contributed by atoms with Crippen molar-refractivity contribution in [3.63, 3.8) is 0 Å². The van der Waals surface area contributed by atoms with Crippen LogP contribution in [0.3, 0.4) is 0 Å². The van der Waals surface area contributed by atoms with Gasteiger partial charge >= 0.3 is 0 Å². The summed E-state index contributed by atoms with van der Waals surface area (Å²) in [5, 5.41) is 7.67. The quantitative estimate of drug-likeness (QED) is 0.773. The van der Waals surface area contributed by atoms with Crippen LogP contribution in [0.5, 0.6) is 0 Å². The van der Waals surface area contributed by atoms with Crippen LogP contribution >= 0.6 is 0 Å². The molecule has 0 atom stereocenters. The van der Waals surface area contributed by atoms with E-state index in [-0.39, 0.29) is 11.9 Å². The van der Waals surface area contributed by atoms with Gasteiger partial charge in [0.05, 0.1) is 5.52 Å². The van der Waals surface area contributed by atoms with E-state index in [1.807, 2.05) is 19.9 Å². The van der Waals surface area contributed by atoms with Gasteiger partial charge in [-0.15, -0.1) is 0 Å². The van der Waals surface area contributed by atoms with Crippen molar-refractivity contribution in [3.05, 3.63) is 23.9 Å². The normalized spacial score (nSPS) is 11.1. The number of rotatable bonds is 2. The van der Waals surface area contributed by atoms with Crippen molar-refractivity contribution in [2.75, 3.05) is 12.8 Å². The molecule has 0 spiro atoms. The summed E-state index contributed by atoms with van der Waals surface area (Å²) in [5.41, 5.74) is 7.59. The Labute approximate surface area is 99.6 Å². The van der Waals surface area contributed by atoms with Crippen molar-refractivity contribution in [1.82, 2.24) is 15.1 Å². The molecule has 1 aromatic carbocycles. The van der Waals surface area contributed by atoms with Crippen molar-refractivity contribution < 1.29 is 4.79 Å². The lowest BCUT2D eigenvalue weighted by Crippen LogP contribution is -2.33. The van der Waals surface area contributed by atoms with Crippen LogP contribution in [-0.2, 0) is 0 Å². The van der Waals surface area contributed by atoms with Gasteiger partial charge in [-0.2, -0.15) is 5.10 Å². The zero-order valence-corrected chi connectivity index (χ0v) is 10.2. The molecule has 0 aliphatic rings. The van der Waals surface area contributed by atoms with E-state index >= 15 is 0 Å². The first-order valence-corrected chi connectivity index (χ1v) is 5.51. The molecular formula is C12H16N4O.